The smallest absolute Gasteiger partial charge is 0.234 e. The molecule has 6 heteroatoms. The zero-order chi connectivity index (χ0) is 15.0. The lowest BCUT2D eigenvalue weighted by Gasteiger charge is -2.30. The van der Waals surface area contributed by atoms with Crippen LogP contribution >= 0.6 is 27.3 Å². The Labute approximate surface area is 134 Å². The molecule has 2 unspecified atom stereocenters. The molecule has 2 amide bonds. The molecular weight excluding hydrogens is 352 g/mol. The van der Waals surface area contributed by atoms with E-state index < -0.39 is 5.92 Å². The minimum Gasteiger partial charge on any atom is -0.296 e. The highest BCUT2D eigenvalue weighted by Gasteiger charge is 2.39. The first-order valence-corrected chi connectivity index (χ1v) is 8.23. The number of amides is 2. The lowest BCUT2D eigenvalue weighted by Crippen LogP contribution is -2.43. The summed E-state index contributed by atoms with van der Waals surface area (Å²) in [4.78, 5) is 28.6. The number of hydrogen-bond acceptors (Lipinski definition) is 4. The zero-order valence-electron chi connectivity index (χ0n) is 11.3. The summed E-state index contributed by atoms with van der Waals surface area (Å²) < 4.78 is 0.872. The van der Waals surface area contributed by atoms with E-state index in [9.17, 15) is 9.59 Å². The molecule has 1 fully saturated rings. The van der Waals surface area contributed by atoms with E-state index in [4.69, 9.17) is 0 Å². The number of piperidine rings is 1. The van der Waals surface area contributed by atoms with Crippen molar-refractivity contribution in [2.75, 3.05) is 0 Å². The van der Waals surface area contributed by atoms with E-state index in [1.54, 1.807) is 0 Å². The highest BCUT2D eigenvalue weighted by atomic mass is 79.9. The predicted molar refractivity (Wildman–Crippen MR) is 84.2 cm³/mol. The monoisotopic (exact) mass is 364 g/mol. The quantitative estimate of drug-likeness (QED) is 0.832. The Morgan fingerprint density at radius 3 is 2.76 bits per heavy atom. The molecule has 1 aliphatic rings. The van der Waals surface area contributed by atoms with Gasteiger partial charge in [-0.3, -0.25) is 14.9 Å². The van der Waals surface area contributed by atoms with Crippen molar-refractivity contribution in [1.82, 2.24) is 10.3 Å². The fourth-order valence-corrected chi connectivity index (χ4v) is 3.89. The number of carbonyl (C=O) groups excluding carboxylic acids is 2. The number of aromatic nitrogens is 1. The number of carbonyl (C=O) groups is 2. The zero-order valence-corrected chi connectivity index (χ0v) is 13.7. The molecule has 1 aromatic heterocycles. The summed E-state index contributed by atoms with van der Waals surface area (Å²) in [7, 11) is 0. The standard InChI is InChI=1S/C15H13BrN2O2S/c1-8-17-12(7-21-8)10-6-13(19)18-15(20)14(10)9-4-2-3-5-11(9)16/h2-5,7,10,14H,6H2,1H3,(H,18,19,20). The second kappa shape index (κ2) is 5.69. The molecule has 0 spiro atoms. The molecule has 1 N–H and O–H groups in total. The van der Waals surface area contributed by atoms with Crippen LogP contribution in [0.5, 0.6) is 0 Å². The van der Waals surface area contributed by atoms with E-state index in [2.05, 4.69) is 26.2 Å². The van der Waals surface area contributed by atoms with Gasteiger partial charge in [-0.15, -0.1) is 11.3 Å². The Morgan fingerprint density at radius 2 is 2.10 bits per heavy atom. The molecule has 0 radical (unpaired) electrons. The summed E-state index contributed by atoms with van der Waals surface area (Å²) in [5.41, 5.74) is 1.71. The number of benzene rings is 1. The minimum atomic E-state index is -0.403. The van der Waals surface area contributed by atoms with Gasteiger partial charge >= 0.3 is 0 Å². The van der Waals surface area contributed by atoms with E-state index in [0.29, 0.717) is 0 Å². The summed E-state index contributed by atoms with van der Waals surface area (Å²) in [6.07, 6.45) is 0.279. The third-order valence-corrected chi connectivity index (χ3v) is 5.12. The molecule has 21 heavy (non-hydrogen) atoms. The van der Waals surface area contributed by atoms with Crippen LogP contribution in [0.15, 0.2) is 34.1 Å². The first-order valence-electron chi connectivity index (χ1n) is 6.56. The van der Waals surface area contributed by atoms with Crippen molar-refractivity contribution in [3.63, 3.8) is 0 Å². The van der Waals surface area contributed by atoms with Crippen molar-refractivity contribution in [2.45, 2.75) is 25.2 Å². The fraction of sp³-hybridized carbons (Fsp3) is 0.267. The van der Waals surface area contributed by atoms with Crippen molar-refractivity contribution in [3.8, 4) is 0 Å². The number of rotatable bonds is 2. The van der Waals surface area contributed by atoms with Crippen LogP contribution in [0.1, 0.15) is 34.5 Å². The van der Waals surface area contributed by atoms with Crippen molar-refractivity contribution in [3.05, 3.63) is 50.4 Å². The van der Waals surface area contributed by atoms with Crippen molar-refractivity contribution in [1.29, 1.82) is 0 Å². The highest BCUT2D eigenvalue weighted by Crippen LogP contribution is 2.40. The molecule has 1 saturated heterocycles. The number of thiazole rings is 1. The van der Waals surface area contributed by atoms with Crippen LogP contribution in [0.2, 0.25) is 0 Å². The number of nitrogens with zero attached hydrogens (tertiary/aromatic N) is 1. The van der Waals surface area contributed by atoms with Gasteiger partial charge in [-0.2, -0.15) is 0 Å². The molecule has 108 valence electrons. The summed E-state index contributed by atoms with van der Waals surface area (Å²) in [5, 5.41) is 5.32. The third-order valence-electron chi connectivity index (χ3n) is 3.61. The maximum atomic E-state index is 12.4. The average Bonchev–Trinajstić information content (AvgIpc) is 2.86. The molecule has 2 heterocycles. The molecule has 4 nitrogen and oxygen atoms in total. The van der Waals surface area contributed by atoms with Crippen LogP contribution in [-0.2, 0) is 9.59 Å². The van der Waals surface area contributed by atoms with Gasteiger partial charge < -0.3 is 0 Å². The van der Waals surface area contributed by atoms with Gasteiger partial charge in [-0.25, -0.2) is 4.98 Å². The number of halogens is 1. The second-order valence-corrected chi connectivity index (χ2v) is 6.93. The average molecular weight is 365 g/mol. The van der Waals surface area contributed by atoms with Gasteiger partial charge in [0.25, 0.3) is 0 Å². The predicted octanol–water partition coefficient (Wildman–Crippen LogP) is 3.13. The Hall–Kier alpha value is -1.53. The molecule has 2 atom stereocenters. The largest absolute Gasteiger partial charge is 0.296 e. The SMILES string of the molecule is Cc1nc(C2CC(=O)NC(=O)C2c2ccccc2Br)cs1. The van der Waals surface area contributed by atoms with Crippen LogP contribution < -0.4 is 5.32 Å². The fourth-order valence-electron chi connectivity index (χ4n) is 2.68. The molecule has 0 saturated carbocycles. The first kappa shape index (κ1) is 14.4. The summed E-state index contributed by atoms with van der Waals surface area (Å²) >= 11 is 5.03. The van der Waals surface area contributed by atoms with E-state index in [-0.39, 0.29) is 24.2 Å². The summed E-state index contributed by atoms with van der Waals surface area (Å²) in [5.74, 6) is -1.11. The number of hydrogen-bond donors (Lipinski definition) is 1. The summed E-state index contributed by atoms with van der Waals surface area (Å²) in [6.45, 7) is 1.92. The van der Waals surface area contributed by atoms with Gasteiger partial charge in [-0.1, -0.05) is 34.1 Å². The molecule has 0 bridgehead atoms. The van der Waals surface area contributed by atoms with Crippen molar-refractivity contribution < 1.29 is 9.59 Å². The molecule has 2 aromatic rings. The van der Waals surface area contributed by atoms with Crippen LogP contribution in [0.4, 0.5) is 0 Å². The molecule has 0 aliphatic carbocycles. The maximum Gasteiger partial charge on any atom is 0.234 e. The van der Waals surface area contributed by atoms with Crippen LogP contribution in [0, 0.1) is 6.92 Å². The maximum absolute atomic E-state index is 12.4. The highest BCUT2D eigenvalue weighted by molar-refractivity contribution is 9.10. The van der Waals surface area contributed by atoms with Crippen molar-refractivity contribution in [2.24, 2.45) is 0 Å². The van der Waals surface area contributed by atoms with Gasteiger partial charge in [0.2, 0.25) is 11.8 Å². The lowest BCUT2D eigenvalue weighted by molar-refractivity contribution is -0.135. The molecule has 3 rings (SSSR count). The van der Waals surface area contributed by atoms with E-state index in [1.165, 1.54) is 11.3 Å². The Morgan fingerprint density at radius 1 is 1.33 bits per heavy atom. The second-order valence-electron chi connectivity index (χ2n) is 5.01. The van der Waals surface area contributed by atoms with E-state index >= 15 is 0 Å². The minimum absolute atomic E-state index is 0.213. The van der Waals surface area contributed by atoms with E-state index in [0.717, 1.165) is 20.7 Å². The number of nitrogens with one attached hydrogen (secondary N) is 1. The molecule has 1 aromatic carbocycles. The summed E-state index contributed by atoms with van der Waals surface area (Å²) in [6, 6.07) is 7.62. The van der Waals surface area contributed by atoms with Gasteiger partial charge in [0.15, 0.2) is 0 Å². The normalized spacial score (nSPS) is 22.2. The Balaban J connectivity index is 2.07. The van der Waals surface area contributed by atoms with Crippen LogP contribution in [0.3, 0.4) is 0 Å². The third kappa shape index (κ3) is 2.78. The number of imide groups is 1. The van der Waals surface area contributed by atoms with E-state index in [1.807, 2.05) is 36.6 Å². The van der Waals surface area contributed by atoms with Gasteiger partial charge in [0.1, 0.15) is 0 Å². The van der Waals surface area contributed by atoms with Gasteiger partial charge in [0.05, 0.1) is 16.6 Å². The molecular formula is C15H13BrN2O2S. The lowest BCUT2D eigenvalue weighted by atomic mass is 9.79. The van der Waals surface area contributed by atoms with Crippen LogP contribution in [-0.4, -0.2) is 16.8 Å². The topological polar surface area (TPSA) is 59.1 Å². The van der Waals surface area contributed by atoms with Crippen molar-refractivity contribution >= 4 is 39.1 Å². The first-order chi connectivity index (χ1) is 10.1. The van der Waals surface area contributed by atoms with Gasteiger partial charge in [-0.05, 0) is 18.6 Å². The Kier molecular flexibility index (Phi) is 3.91. The Bertz CT molecular complexity index is 713. The molecule has 1 aliphatic heterocycles. The van der Waals surface area contributed by atoms with Crippen LogP contribution in [0.25, 0.3) is 0 Å². The number of aryl methyl sites for hydroxylation is 1. The van der Waals surface area contributed by atoms with Gasteiger partial charge in [0, 0.05) is 22.2 Å².